The highest BCUT2D eigenvalue weighted by molar-refractivity contribution is 8.14. The molecule has 2 aliphatic rings. The molecule has 0 aliphatic carbocycles. The number of aromatic nitrogens is 2. The second-order valence-electron chi connectivity index (χ2n) is 12.3. The van der Waals surface area contributed by atoms with Gasteiger partial charge in [-0.3, -0.25) is 9.59 Å². The lowest BCUT2D eigenvalue weighted by molar-refractivity contribution is -0.274. The van der Waals surface area contributed by atoms with Crippen molar-refractivity contribution in [2.75, 3.05) is 18.0 Å². The average Bonchev–Trinajstić information content (AvgIpc) is 3.31. The minimum Gasteiger partial charge on any atom is -0.444 e. The Labute approximate surface area is 269 Å². The topological polar surface area (TPSA) is 155 Å². The van der Waals surface area contributed by atoms with Crippen LogP contribution in [0.25, 0.3) is 0 Å². The molecule has 2 aromatic rings. The van der Waals surface area contributed by atoms with Crippen molar-refractivity contribution >= 4 is 34.9 Å². The van der Waals surface area contributed by atoms with Crippen molar-refractivity contribution < 1.29 is 42.1 Å². The van der Waals surface area contributed by atoms with Gasteiger partial charge in [-0.05, 0) is 63.3 Å². The third-order valence-corrected chi connectivity index (χ3v) is 8.83. The van der Waals surface area contributed by atoms with E-state index in [-0.39, 0.29) is 41.0 Å². The molecule has 2 fully saturated rings. The summed E-state index contributed by atoms with van der Waals surface area (Å²) in [6, 6.07) is 6.53. The summed E-state index contributed by atoms with van der Waals surface area (Å²) < 4.78 is 47.2. The van der Waals surface area contributed by atoms with Gasteiger partial charge in [-0.1, -0.05) is 30.8 Å². The number of alkyl halides is 3. The van der Waals surface area contributed by atoms with E-state index in [0.29, 0.717) is 43.1 Å². The van der Waals surface area contributed by atoms with Gasteiger partial charge in [0, 0.05) is 44.2 Å². The lowest BCUT2D eigenvalue weighted by Crippen LogP contribution is -2.49. The second kappa shape index (κ2) is 14.8. The van der Waals surface area contributed by atoms with Gasteiger partial charge in [0.2, 0.25) is 11.9 Å². The Balaban J connectivity index is 1.38. The van der Waals surface area contributed by atoms with Crippen molar-refractivity contribution in [3.63, 3.8) is 0 Å². The largest absolute Gasteiger partial charge is 0.573 e. The van der Waals surface area contributed by atoms with E-state index in [0.717, 1.165) is 11.8 Å². The molecule has 4 atom stereocenters. The molecule has 4 rings (SSSR count). The zero-order chi connectivity index (χ0) is 33.6. The Morgan fingerprint density at radius 2 is 1.91 bits per heavy atom. The van der Waals surface area contributed by atoms with Crippen LogP contribution in [0.1, 0.15) is 64.1 Å². The van der Waals surface area contributed by atoms with Gasteiger partial charge in [-0.25, -0.2) is 14.8 Å². The average molecular weight is 669 g/mol. The smallest absolute Gasteiger partial charge is 0.444 e. The second-order valence-corrected chi connectivity index (χ2v) is 13.4. The number of ether oxygens (including phenoxy) is 2. The number of halogens is 3. The zero-order valence-corrected chi connectivity index (χ0v) is 26.8. The highest BCUT2D eigenvalue weighted by Crippen LogP contribution is 2.34. The molecule has 0 spiro atoms. The standard InChI is InChI=1S/C30H39F3N6O6S/c1-17(24-25(41)38-28(43)46-24)21-8-11-34-26(36-21)39-12-9-19(10-13-39)22(37-27(42)45-29(2,3)4)15-23(40)35-16-18-6-5-7-20(14-18)44-30(31,32)33/h5-8,11,14,17,19,22,24-25,41H,9-10,12-13,15-16H2,1-4H3,(H,35,40)(H,37,42)(H,38,43). The number of piperidine rings is 1. The van der Waals surface area contributed by atoms with Gasteiger partial charge < -0.3 is 35.4 Å². The van der Waals surface area contributed by atoms with Gasteiger partial charge in [0.25, 0.3) is 5.24 Å². The van der Waals surface area contributed by atoms with Gasteiger partial charge in [0.15, 0.2) is 0 Å². The molecular formula is C30H39F3N6O6S. The number of alkyl carbamates (subject to hydrolysis) is 1. The van der Waals surface area contributed by atoms with Crippen molar-refractivity contribution in [2.24, 2.45) is 5.92 Å². The molecule has 3 heterocycles. The van der Waals surface area contributed by atoms with Crippen molar-refractivity contribution in [2.45, 2.75) is 88.9 Å². The van der Waals surface area contributed by atoms with Crippen LogP contribution in [0.15, 0.2) is 36.5 Å². The fourth-order valence-electron chi connectivity index (χ4n) is 5.36. The zero-order valence-electron chi connectivity index (χ0n) is 26.0. The third-order valence-electron chi connectivity index (χ3n) is 7.56. The maximum absolute atomic E-state index is 13.0. The molecule has 0 radical (unpaired) electrons. The summed E-state index contributed by atoms with van der Waals surface area (Å²) in [5.41, 5.74) is 0.358. The Bertz CT molecular complexity index is 1390. The molecule has 0 saturated carbocycles. The van der Waals surface area contributed by atoms with Crippen molar-refractivity contribution in [3.05, 3.63) is 47.8 Å². The molecule has 4 unspecified atom stereocenters. The summed E-state index contributed by atoms with van der Waals surface area (Å²) in [7, 11) is 0. The van der Waals surface area contributed by atoms with Gasteiger partial charge in [0.1, 0.15) is 17.6 Å². The molecule has 1 aromatic carbocycles. The van der Waals surface area contributed by atoms with Gasteiger partial charge >= 0.3 is 12.5 Å². The van der Waals surface area contributed by atoms with Crippen LogP contribution in [0.4, 0.5) is 28.7 Å². The number of carbonyl (C=O) groups excluding carboxylic acids is 3. The van der Waals surface area contributed by atoms with Crippen LogP contribution in [0, 0.1) is 5.92 Å². The van der Waals surface area contributed by atoms with Crippen LogP contribution in [0.5, 0.6) is 5.75 Å². The van der Waals surface area contributed by atoms with E-state index in [2.05, 4.69) is 25.7 Å². The summed E-state index contributed by atoms with van der Waals surface area (Å²) in [5, 5.41) is 17.6. The fraction of sp³-hybridized carbons (Fsp3) is 0.567. The molecule has 252 valence electrons. The van der Waals surface area contributed by atoms with E-state index in [1.54, 1.807) is 39.1 Å². The van der Waals surface area contributed by atoms with Crippen LogP contribution in [-0.4, -0.2) is 74.9 Å². The Kier molecular flexibility index (Phi) is 11.2. The highest BCUT2D eigenvalue weighted by Gasteiger charge is 2.38. The molecule has 16 heteroatoms. The van der Waals surface area contributed by atoms with Crippen molar-refractivity contribution in [1.82, 2.24) is 25.9 Å². The number of nitrogens with one attached hydrogen (secondary N) is 3. The summed E-state index contributed by atoms with van der Waals surface area (Å²) in [4.78, 5) is 48.6. The summed E-state index contributed by atoms with van der Waals surface area (Å²) in [6.45, 7) is 8.16. The minimum atomic E-state index is -4.83. The lowest BCUT2D eigenvalue weighted by atomic mass is 9.87. The van der Waals surface area contributed by atoms with Crippen molar-refractivity contribution in [3.8, 4) is 5.75 Å². The van der Waals surface area contributed by atoms with Crippen molar-refractivity contribution in [1.29, 1.82) is 0 Å². The number of aliphatic hydroxyl groups excluding tert-OH is 1. The van der Waals surface area contributed by atoms with Crippen LogP contribution in [0.2, 0.25) is 0 Å². The van der Waals surface area contributed by atoms with E-state index in [1.807, 2.05) is 11.8 Å². The van der Waals surface area contributed by atoms with Gasteiger partial charge in [0.05, 0.1) is 10.9 Å². The number of amides is 3. The summed E-state index contributed by atoms with van der Waals surface area (Å²) in [6.07, 6.45) is -3.68. The molecule has 46 heavy (non-hydrogen) atoms. The number of nitrogens with zero attached hydrogens (tertiary/aromatic N) is 3. The number of carbonyl (C=O) groups is 3. The molecule has 12 nitrogen and oxygen atoms in total. The first-order chi connectivity index (χ1) is 21.6. The van der Waals surface area contributed by atoms with E-state index in [9.17, 15) is 32.7 Å². The van der Waals surface area contributed by atoms with Gasteiger partial charge in [-0.15, -0.1) is 13.2 Å². The molecular weight excluding hydrogens is 629 g/mol. The number of hydrogen-bond acceptors (Lipinski definition) is 10. The molecule has 1 aromatic heterocycles. The van der Waals surface area contributed by atoms with Crippen LogP contribution in [0.3, 0.4) is 0 Å². The van der Waals surface area contributed by atoms with E-state index in [4.69, 9.17) is 9.72 Å². The van der Waals surface area contributed by atoms with Gasteiger partial charge in [-0.2, -0.15) is 0 Å². The number of aliphatic hydroxyl groups is 1. The predicted molar refractivity (Wildman–Crippen MR) is 164 cm³/mol. The van der Waals surface area contributed by atoms with E-state index < -0.39 is 36.2 Å². The maximum Gasteiger partial charge on any atom is 0.573 e. The Hall–Kier alpha value is -3.79. The molecule has 2 aliphatic heterocycles. The van der Waals surface area contributed by atoms with E-state index >= 15 is 0 Å². The fourth-order valence-corrected chi connectivity index (χ4v) is 6.33. The monoisotopic (exact) mass is 668 g/mol. The van der Waals surface area contributed by atoms with Crippen LogP contribution >= 0.6 is 11.8 Å². The van der Waals surface area contributed by atoms with Crippen LogP contribution < -0.4 is 25.6 Å². The molecule has 4 N–H and O–H groups in total. The SMILES string of the molecule is CC(c1ccnc(N2CCC(C(CC(=O)NCc3cccc(OC(F)(F)F)c3)NC(=O)OC(C)(C)C)CC2)n1)C1SC(=O)NC1O. The summed E-state index contributed by atoms with van der Waals surface area (Å²) in [5.74, 6) is -0.594. The van der Waals surface area contributed by atoms with E-state index in [1.165, 1.54) is 18.2 Å². The van der Waals surface area contributed by atoms with Crippen LogP contribution in [-0.2, 0) is 16.1 Å². The first-order valence-corrected chi connectivity index (χ1v) is 15.8. The minimum absolute atomic E-state index is 0.0296. The number of hydrogen-bond donors (Lipinski definition) is 4. The highest BCUT2D eigenvalue weighted by atomic mass is 32.2. The lowest BCUT2D eigenvalue weighted by Gasteiger charge is -2.36. The molecule has 0 bridgehead atoms. The Morgan fingerprint density at radius 1 is 1.20 bits per heavy atom. The predicted octanol–water partition coefficient (Wildman–Crippen LogP) is 4.44. The maximum atomic E-state index is 13.0. The molecule has 3 amide bonds. The third kappa shape index (κ3) is 10.4. The number of rotatable bonds is 10. The molecule has 2 saturated heterocycles. The Morgan fingerprint density at radius 3 is 2.54 bits per heavy atom. The first-order valence-electron chi connectivity index (χ1n) is 14.9. The number of thioether (sulfide) groups is 1. The first kappa shape index (κ1) is 35.1. The quantitative estimate of drug-likeness (QED) is 0.286. The number of benzene rings is 1. The number of anilines is 1. The normalized spacial score (nSPS) is 20.4. The summed E-state index contributed by atoms with van der Waals surface area (Å²) >= 11 is 1.04.